The molecule has 2 aromatic heterocycles. The number of hydrogen-bond acceptors (Lipinski definition) is 6. The number of rotatable bonds is 8. The van der Waals surface area contributed by atoms with Gasteiger partial charge in [-0.2, -0.15) is 0 Å². The molecule has 2 heterocycles. The van der Waals surface area contributed by atoms with Crippen molar-refractivity contribution < 1.29 is 13.2 Å². The van der Waals surface area contributed by atoms with E-state index in [1.165, 1.54) is 31.2 Å². The van der Waals surface area contributed by atoms with Crippen molar-refractivity contribution in [3.05, 3.63) is 66.2 Å². The van der Waals surface area contributed by atoms with Gasteiger partial charge in [-0.05, 0) is 38.1 Å². The molecule has 146 valence electrons. The fourth-order valence-electron chi connectivity index (χ4n) is 2.59. The molecule has 0 fully saturated rings. The molecule has 0 bridgehead atoms. The molecule has 0 atom stereocenters. The van der Waals surface area contributed by atoms with Gasteiger partial charge in [-0.1, -0.05) is 12.1 Å². The number of hydrogen-bond donors (Lipinski definition) is 2. The second-order valence-electron chi connectivity index (χ2n) is 6.15. The van der Waals surface area contributed by atoms with Crippen LogP contribution in [0.2, 0.25) is 0 Å². The molecule has 1 aromatic carbocycles. The minimum atomic E-state index is -3.65. The van der Waals surface area contributed by atoms with E-state index < -0.39 is 10.0 Å². The molecule has 0 spiro atoms. The van der Waals surface area contributed by atoms with Gasteiger partial charge in [0.1, 0.15) is 17.5 Å². The molecule has 0 unspecified atom stereocenters. The summed E-state index contributed by atoms with van der Waals surface area (Å²) >= 11 is 0. The molecular formula is C19H21N5O3S. The molecule has 3 rings (SSSR count). The lowest BCUT2D eigenvalue weighted by Crippen LogP contribution is -2.29. The zero-order valence-electron chi connectivity index (χ0n) is 15.6. The summed E-state index contributed by atoms with van der Waals surface area (Å²) in [7, 11) is -3.65. The smallest absolute Gasteiger partial charge is 0.240 e. The first kappa shape index (κ1) is 19.7. The van der Waals surface area contributed by atoms with Crippen LogP contribution in [-0.4, -0.2) is 41.8 Å². The third kappa shape index (κ3) is 4.81. The van der Waals surface area contributed by atoms with Crippen LogP contribution in [0.15, 0.2) is 59.8 Å². The number of benzene rings is 1. The van der Waals surface area contributed by atoms with E-state index in [1.807, 2.05) is 29.1 Å². The van der Waals surface area contributed by atoms with Crippen LogP contribution in [0, 0.1) is 6.92 Å². The monoisotopic (exact) mass is 399 g/mol. The topological polar surface area (TPSA) is 106 Å². The lowest BCUT2D eigenvalue weighted by atomic mass is 10.2. The Bertz CT molecular complexity index is 1060. The van der Waals surface area contributed by atoms with E-state index >= 15 is 0 Å². The number of aryl methyl sites for hydroxylation is 1. The molecule has 8 nitrogen and oxygen atoms in total. The molecular weight excluding hydrogens is 378 g/mol. The minimum absolute atomic E-state index is 0.111. The average Bonchev–Trinajstić information content (AvgIpc) is 3.20. The van der Waals surface area contributed by atoms with Crippen LogP contribution < -0.4 is 10.0 Å². The van der Waals surface area contributed by atoms with Crippen molar-refractivity contribution in [3.63, 3.8) is 0 Å². The molecule has 0 radical (unpaired) electrons. The molecule has 0 amide bonds. The van der Waals surface area contributed by atoms with E-state index in [1.54, 1.807) is 13.0 Å². The zero-order chi connectivity index (χ0) is 20.1. The molecule has 2 N–H and O–H groups in total. The number of aromatic nitrogens is 3. The maximum atomic E-state index is 12.3. The number of anilines is 1. The lowest BCUT2D eigenvalue weighted by molar-refractivity contribution is 0.101. The van der Waals surface area contributed by atoms with Crippen LogP contribution in [0.3, 0.4) is 0 Å². The van der Waals surface area contributed by atoms with Gasteiger partial charge in [0.15, 0.2) is 5.78 Å². The highest BCUT2D eigenvalue weighted by Gasteiger charge is 2.13. The van der Waals surface area contributed by atoms with Crippen molar-refractivity contribution in [3.8, 4) is 5.82 Å². The number of carbonyl (C=O) groups is 1. The summed E-state index contributed by atoms with van der Waals surface area (Å²) in [5.74, 6) is 1.84. The Kier molecular flexibility index (Phi) is 5.86. The minimum Gasteiger partial charge on any atom is -0.369 e. The summed E-state index contributed by atoms with van der Waals surface area (Å²) in [6.45, 7) is 3.76. The Hall–Kier alpha value is -3.04. The molecule has 0 aliphatic rings. The molecule has 0 saturated carbocycles. The molecule has 0 saturated heterocycles. The molecule has 9 heteroatoms. The van der Waals surface area contributed by atoms with Crippen LogP contribution in [-0.2, 0) is 10.0 Å². The highest BCUT2D eigenvalue weighted by Crippen LogP contribution is 2.12. The van der Waals surface area contributed by atoms with Crippen molar-refractivity contribution in [1.29, 1.82) is 0 Å². The SMILES string of the molecule is CC(=O)c1ccc(S(=O)(=O)NCCNc2cc(-n3cccc3)nc(C)n2)cc1. The number of nitrogens with zero attached hydrogens (tertiary/aromatic N) is 3. The van der Waals surface area contributed by atoms with Crippen LogP contribution in [0.4, 0.5) is 5.82 Å². The number of nitrogens with one attached hydrogen (secondary N) is 2. The number of ketones is 1. The number of carbonyl (C=O) groups excluding carboxylic acids is 1. The fourth-order valence-corrected chi connectivity index (χ4v) is 3.62. The fraction of sp³-hybridized carbons (Fsp3) is 0.211. The van der Waals surface area contributed by atoms with E-state index in [9.17, 15) is 13.2 Å². The van der Waals surface area contributed by atoms with Crippen LogP contribution in [0.25, 0.3) is 5.82 Å². The van der Waals surface area contributed by atoms with E-state index in [0.29, 0.717) is 23.8 Å². The Morgan fingerprint density at radius 1 is 1.07 bits per heavy atom. The zero-order valence-corrected chi connectivity index (χ0v) is 16.4. The summed E-state index contributed by atoms with van der Waals surface area (Å²) < 4.78 is 29.1. The lowest BCUT2D eigenvalue weighted by Gasteiger charge is -2.10. The largest absolute Gasteiger partial charge is 0.369 e. The van der Waals surface area contributed by atoms with Gasteiger partial charge in [0.25, 0.3) is 0 Å². The first-order valence-corrected chi connectivity index (χ1v) is 10.2. The summed E-state index contributed by atoms with van der Waals surface area (Å²) in [4.78, 5) is 20.1. The normalized spacial score (nSPS) is 11.4. The highest BCUT2D eigenvalue weighted by molar-refractivity contribution is 7.89. The molecule has 0 aliphatic heterocycles. The Balaban J connectivity index is 1.59. The van der Waals surface area contributed by atoms with Gasteiger partial charge in [0.05, 0.1) is 4.90 Å². The average molecular weight is 399 g/mol. The molecule has 3 aromatic rings. The van der Waals surface area contributed by atoms with Crippen LogP contribution >= 0.6 is 0 Å². The Labute approximate surface area is 163 Å². The van der Waals surface area contributed by atoms with Gasteiger partial charge in [0.2, 0.25) is 10.0 Å². The molecule has 28 heavy (non-hydrogen) atoms. The molecule has 0 aliphatic carbocycles. The number of Topliss-reactive ketones (excluding diaryl/α,β-unsaturated/α-hetero) is 1. The Morgan fingerprint density at radius 2 is 1.75 bits per heavy atom. The van der Waals surface area contributed by atoms with Crippen LogP contribution in [0.5, 0.6) is 0 Å². The van der Waals surface area contributed by atoms with Crippen molar-refractivity contribution in [2.45, 2.75) is 18.7 Å². The highest BCUT2D eigenvalue weighted by atomic mass is 32.2. The summed E-state index contributed by atoms with van der Waals surface area (Å²) in [6.07, 6.45) is 3.77. The maximum absolute atomic E-state index is 12.3. The van der Waals surface area contributed by atoms with E-state index in [0.717, 1.165) is 5.82 Å². The first-order chi connectivity index (χ1) is 13.3. The van der Waals surface area contributed by atoms with Crippen molar-refractivity contribution >= 4 is 21.6 Å². The van der Waals surface area contributed by atoms with Gasteiger partial charge in [-0.25, -0.2) is 23.1 Å². The quantitative estimate of drug-likeness (QED) is 0.444. The van der Waals surface area contributed by atoms with Crippen molar-refractivity contribution in [1.82, 2.24) is 19.3 Å². The van der Waals surface area contributed by atoms with Gasteiger partial charge in [-0.3, -0.25) is 4.79 Å². The van der Waals surface area contributed by atoms with Gasteiger partial charge in [-0.15, -0.1) is 0 Å². The second-order valence-corrected chi connectivity index (χ2v) is 7.92. The summed E-state index contributed by atoms with van der Waals surface area (Å²) in [5, 5.41) is 3.10. The standard InChI is InChI=1S/C19H21N5O3S/c1-14(25)16-5-7-17(8-6-16)28(26,27)21-10-9-20-18-13-19(23-15(2)22-18)24-11-3-4-12-24/h3-8,11-13,21H,9-10H2,1-2H3,(H,20,22,23). The third-order valence-electron chi connectivity index (χ3n) is 3.99. The van der Waals surface area contributed by atoms with E-state index in [4.69, 9.17) is 0 Å². The first-order valence-electron chi connectivity index (χ1n) is 8.69. The summed E-state index contributed by atoms with van der Waals surface area (Å²) in [6, 6.07) is 11.4. The van der Waals surface area contributed by atoms with Gasteiger partial charge < -0.3 is 9.88 Å². The van der Waals surface area contributed by atoms with Gasteiger partial charge in [0, 0.05) is 37.1 Å². The third-order valence-corrected chi connectivity index (χ3v) is 5.46. The predicted molar refractivity (Wildman–Crippen MR) is 106 cm³/mol. The van der Waals surface area contributed by atoms with E-state index in [-0.39, 0.29) is 17.2 Å². The van der Waals surface area contributed by atoms with Crippen LogP contribution in [0.1, 0.15) is 23.1 Å². The van der Waals surface area contributed by atoms with E-state index in [2.05, 4.69) is 20.0 Å². The Morgan fingerprint density at radius 3 is 2.39 bits per heavy atom. The van der Waals surface area contributed by atoms with Crippen molar-refractivity contribution in [2.24, 2.45) is 0 Å². The summed E-state index contributed by atoms with van der Waals surface area (Å²) in [5.41, 5.74) is 0.471. The van der Waals surface area contributed by atoms with Crippen molar-refractivity contribution in [2.75, 3.05) is 18.4 Å². The second kappa shape index (κ2) is 8.32. The van der Waals surface area contributed by atoms with Gasteiger partial charge >= 0.3 is 0 Å². The predicted octanol–water partition coefficient (Wildman–Crippen LogP) is 2.17. The maximum Gasteiger partial charge on any atom is 0.240 e. The number of sulfonamides is 1.